The lowest BCUT2D eigenvalue weighted by molar-refractivity contribution is 0.945. The summed E-state index contributed by atoms with van der Waals surface area (Å²) in [6.07, 6.45) is 0. The van der Waals surface area contributed by atoms with Gasteiger partial charge in [-0.2, -0.15) is 0 Å². The Morgan fingerprint density at radius 2 is 1.28 bits per heavy atom. The van der Waals surface area contributed by atoms with Crippen LogP contribution >= 0.6 is 0 Å². The second-order valence-electron chi connectivity index (χ2n) is 8.85. The van der Waals surface area contributed by atoms with Gasteiger partial charge in [0.05, 0.1) is 0 Å². The van der Waals surface area contributed by atoms with E-state index in [1.54, 1.807) is 0 Å². The van der Waals surface area contributed by atoms with Crippen LogP contribution < -0.4 is 0 Å². The summed E-state index contributed by atoms with van der Waals surface area (Å²) in [4.78, 5) is 3.65. The first-order valence-corrected chi connectivity index (χ1v) is 11.3. The number of aryl methyl sites for hydroxylation is 1. The standard InChI is InChI=1S/C31H25N/c1-20-11-13-22(14-12-20)29-19-26-16-15-23(18-30(26)32-29)21(2)31-27-9-5-3-7-24(27)17-25-8-4-6-10-28(25)31/h3-19,21,32H,1-2H3. The topological polar surface area (TPSA) is 15.8 Å². The van der Waals surface area contributed by atoms with Gasteiger partial charge >= 0.3 is 0 Å². The van der Waals surface area contributed by atoms with Crippen LogP contribution in [0.15, 0.2) is 103 Å². The smallest absolute Gasteiger partial charge is 0.0464 e. The summed E-state index contributed by atoms with van der Waals surface area (Å²) in [5, 5.41) is 6.53. The van der Waals surface area contributed by atoms with Crippen LogP contribution in [0, 0.1) is 6.92 Å². The maximum atomic E-state index is 3.65. The highest BCUT2D eigenvalue weighted by Crippen LogP contribution is 2.38. The minimum Gasteiger partial charge on any atom is -0.355 e. The third kappa shape index (κ3) is 3.09. The molecule has 6 aromatic rings. The molecule has 1 heterocycles. The molecule has 0 spiro atoms. The van der Waals surface area contributed by atoms with E-state index in [2.05, 4.69) is 122 Å². The van der Waals surface area contributed by atoms with Crippen molar-refractivity contribution in [2.45, 2.75) is 19.8 Å². The Bertz CT molecular complexity index is 1530. The number of aromatic nitrogens is 1. The largest absolute Gasteiger partial charge is 0.355 e. The molecule has 1 unspecified atom stereocenters. The lowest BCUT2D eigenvalue weighted by Gasteiger charge is -2.19. The molecule has 154 valence electrons. The molecule has 0 radical (unpaired) electrons. The van der Waals surface area contributed by atoms with E-state index in [0.29, 0.717) is 0 Å². The van der Waals surface area contributed by atoms with E-state index < -0.39 is 0 Å². The van der Waals surface area contributed by atoms with E-state index in [1.807, 2.05) is 0 Å². The Labute approximate surface area is 188 Å². The summed E-state index contributed by atoms with van der Waals surface area (Å²) in [6, 6.07) is 37.7. The number of hydrogen-bond acceptors (Lipinski definition) is 0. The molecule has 0 fully saturated rings. The lowest BCUT2D eigenvalue weighted by atomic mass is 9.85. The molecule has 1 atom stereocenters. The molecule has 0 aliphatic heterocycles. The Kier molecular flexibility index (Phi) is 4.36. The molecule has 0 saturated carbocycles. The van der Waals surface area contributed by atoms with E-state index in [1.165, 1.54) is 60.4 Å². The van der Waals surface area contributed by atoms with Crippen molar-refractivity contribution < 1.29 is 0 Å². The zero-order chi connectivity index (χ0) is 21.7. The Balaban J connectivity index is 1.50. The van der Waals surface area contributed by atoms with Crippen molar-refractivity contribution in [1.82, 2.24) is 4.98 Å². The molecular weight excluding hydrogens is 386 g/mol. The highest BCUT2D eigenvalue weighted by Gasteiger charge is 2.16. The predicted molar refractivity (Wildman–Crippen MR) is 137 cm³/mol. The van der Waals surface area contributed by atoms with Crippen LogP contribution in [0.5, 0.6) is 0 Å². The minimum atomic E-state index is 0.279. The maximum Gasteiger partial charge on any atom is 0.0464 e. The van der Waals surface area contributed by atoms with Crippen molar-refractivity contribution in [3.05, 3.63) is 120 Å². The summed E-state index contributed by atoms with van der Waals surface area (Å²) in [7, 11) is 0. The number of aromatic amines is 1. The monoisotopic (exact) mass is 411 g/mol. The first-order chi connectivity index (χ1) is 15.7. The van der Waals surface area contributed by atoms with Crippen molar-refractivity contribution >= 4 is 32.4 Å². The average molecular weight is 412 g/mol. The molecule has 0 aliphatic rings. The highest BCUT2D eigenvalue weighted by atomic mass is 14.7. The molecule has 1 N–H and O–H groups in total. The Hall–Kier alpha value is -3.84. The van der Waals surface area contributed by atoms with Gasteiger partial charge < -0.3 is 4.98 Å². The number of nitrogens with one attached hydrogen (secondary N) is 1. The van der Waals surface area contributed by atoms with Gasteiger partial charge in [-0.25, -0.2) is 0 Å². The maximum absolute atomic E-state index is 3.65. The fourth-order valence-corrected chi connectivity index (χ4v) is 4.98. The molecular formula is C31H25N. The van der Waals surface area contributed by atoms with Crippen molar-refractivity contribution in [3.8, 4) is 11.3 Å². The van der Waals surface area contributed by atoms with E-state index in [4.69, 9.17) is 0 Å². The van der Waals surface area contributed by atoms with Crippen LogP contribution in [-0.2, 0) is 0 Å². The Morgan fingerprint density at radius 1 is 0.625 bits per heavy atom. The summed E-state index contributed by atoms with van der Waals surface area (Å²) in [5.74, 6) is 0.279. The highest BCUT2D eigenvalue weighted by molar-refractivity contribution is 6.03. The summed E-state index contributed by atoms with van der Waals surface area (Å²) < 4.78 is 0. The lowest BCUT2D eigenvalue weighted by Crippen LogP contribution is -1.99. The van der Waals surface area contributed by atoms with Gasteiger partial charge in [0.25, 0.3) is 0 Å². The van der Waals surface area contributed by atoms with Gasteiger partial charge in [0.1, 0.15) is 0 Å². The second kappa shape index (κ2) is 7.39. The third-order valence-electron chi connectivity index (χ3n) is 6.76. The third-order valence-corrected chi connectivity index (χ3v) is 6.76. The average Bonchev–Trinajstić information content (AvgIpc) is 3.26. The van der Waals surface area contributed by atoms with Gasteiger partial charge in [-0.05, 0) is 63.4 Å². The van der Waals surface area contributed by atoms with E-state index >= 15 is 0 Å². The number of hydrogen-bond donors (Lipinski definition) is 1. The van der Waals surface area contributed by atoms with Crippen LogP contribution in [0.4, 0.5) is 0 Å². The van der Waals surface area contributed by atoms with E-state index in [0.717, 1.165) is 0 Å². The van der Waals surface area contributed by atoms with Gasteiger partial charge in [0.2, 0.25) is 0 Å². The number of rotatable bonds is 3. The predicted octanol–water partition coefficient (Wildman–Crippen LogP) is 8.60. The molecule has 1 nitrogen and oxygen atoms in total. The summed E-state index contributed by atoms with van der Waals surface area (Å²) in [6.45, 7) is 4.46. The van der Waals surface area contributed by atoms with Crippen molar-refractivity contribution in [2.75, 3.05) is 0 Å². The number of H-pyrrole nitrogens is 1. The molecule has 0 bridgehead atoms. The molecule has 0 amide bonds. The molecule has 5 aromatic carbocycles. The molecule has 6 rings (SSSR count). The van der Waals surface area contributed by atoms with Crippen molar-refractivity contribution in [3.63, 3.8) is 0 Å². The first-order valence-electron chi connectivity index (χ1n) is 11.3. The Morgan fingerprint density at radius 3 is 1.97 bits per heavy atom. The van der Waals surface area contributed by atoms with Crippen LogP contribution in [0.1, 0.15) is 29.5 Å². The quantitative estimate of drug-likeness (QED) is 0.281. The number of benzene rings is 5. The van der Waals surface area contributed by atoms with Gasteiger partial charge in [0, 0.05) is 22.5 Å². The fraction of sp³-hybridized carbons (Fsp3) is 0.0968. The second-order valence-corrected chi connectivity index (χ2v) is 8.85. The molecule has 32 heavy (non-hydrogen) atoms. The first kappa shape index (κ1) is 18.9. The summed E-state index contributed by atoms with van der Waals surface area (Å²) in [5.41, 5.74) is 7.60. The van der Waals surface area contributed by atoms with Crippen molar-refractivity contribution in [2.24, 2.45) is 0 Å². The van der Waals surface area contributed by atoms with Gasteiger partial charge in [-0.3, -0.25) is 0 Å². The fourth-order valence-electron chi connectivity index (χ4n) is 4.98. The molecule has 0 aliphatic carbocycles. The van der Waals surface area contributed by atoms with Crippen LogP contribution in [-0.4, -0.2) is 4.98 Å². The van der Waals surface area contributed by atoms with Gasteiger partial charge in [-0.15, -0.1) is 0 Å². The van der Waals surface area contributed by atoms with Crippen LogP contribution in [0.25, 0.3) is 43.7 Å². The van der Waals surface area contributed by atoms with Crippen LogP contribution in [0.3, 0.4) is 0 Å². The van der Waals surface area contributed by atoms with E-state index in [9.17, 15) is 0 Å². The van der Waals surface area contributed by atoms with Gasteiger partial charge in [0.15, 0.2) is 0 Å². The molecule has 1 aromatic heterocycles. The van der Waals surface area contributed by atoms with E-state index in [-0.39, 0.29) is 5.92 Å². The van der Waals surface area contributed by atoms with Gasteiger partial charge in [-0.1, -0.05) is 97.4 Å². The summed E-state index contributed by atoms with van der Waals surface area (Å²) >= 11 is 0. The number of fused-ring (bicyclic) bond motifs is 3. The normalized spacial score (nSPS) is 12.6. The molecule has 0 saturated heterocycles. The van der Waals surface area contributed by atoms with Crippen LogP contribution in [0.2, 0.25) is 0 Å². The minimum absolute atomic E-state index is 0.279. The molecule has 1 heteroatoms. The SMILES string of the molecule is Cc1ccc(-c2cc3ccc(C(C)c4c5ccccc5cc5ccccc45)cc3[nH]2)cc1. The zero-order valence-corrected chi connectivity index (χ0v) is 18.4. The van der Waals surface area contributed by atoms with Crippen molar-refractivity contribution in [1.29, 1.82) is 0 Å². The zero-order valence-electron chi connectivity index (χ0n) is 18.4.